The van der Waals surface area contributed by atoms with Crippen LogP contribution in [0.25, 0.3) is 0 Å². The quantitative estimate of drug-likeness (QED) is 0.801. The van der Waals surface area contributed by atoms with E-state index < -0.39 is 0 Å². The van der Waals surface area contributed by atoms with Crippen LogP contribution in [-0.2, 0) is 0 Å². The number of amides is 2. The third-order valence-corrected chi connectivity index (χ3v) is 3.78. The predicted molar refractivity (Wildman–Crippen MR) is 89.6 cm³/mol. The Labute approximate surface area is 128 Å². The largest absolute Gasteiger partial charge is 0.327 e. The molecule has 4 nitrogen and oxygen atoms in total. The van der Waals surface area contributed by atoms with Gasteiger partial charge in [-0.2, -0.15) is 0 Å². The number of nitrogens with zero attached hydrogens (tertiary/aromatic N) is 1. The summed E-state index contributed by atoms with van der Waals surface area (Å²) < 4.78 is 0. The molecule has 0 aromatic heterocycles. The first-order chi connectivity index (χ1) is 9.97. The number of anilines is 1. The molecule has 2 amide bonds. The van der Waals surface area contributed by atoms with E-state index in [2.05, 4.69) is 44.4 Å². The minimum Gasteiger partial charge on any atom is -0.327 e. The van der Waals surface area contributed by atoms with E-state index in [1.165, 1.54) is 5.56 Å². The van der Waals surface area contributed by atoms with Crippen LogP contribution in [0.3, 0.4) is 0 Å². The molecule has 1 aromatic rings. The van der Waals surface area contributed by atoms with Crippen molar-refractivity contribution in [3.8, 4) is 0 Å². The first-order valence-electron chi connectivity index (χ1n) is 7.83. The number of nitrogens with one attached hydrogen (secondary N) is 2. The van der Waals surface area contributed by atoms with Crippen LogP contribution in [0.5, 0.6) is 0 Å². The lowest BCUT2D eigenvalue weighted by atomic mass is 10.1. The van der Waals surface area contributed by atoms with Gasteiger partial charge in [0, 0.05) is 25.3 Å². The van der Waals surface area contributed by atoms with Gasteiger partial charge < -0.3 is 15.5 Å². The molecule has 0 heterocycles. The molecule has 2 atom stereocenters. The van der Waals surface area contributed by atoms with Crippen LogP contribution in [0.15, 0.2) is 24.3 Å². The van der Waals surface area contributed by atoms with Crippen LogP contribution in [0.1, 0.15) is 45.7 Å². The zero-order valence-corrected chi connectivity index (χ0v) is 13.9. The van der Waals surface area contributed by atoms with Gasteiger partial charge in [-0.05, 0) is 37.1 Å². The lowest BCUT2D eigenvalue weighted by Crippen LogP contribution is -2.34. The molecule has 0 aliphatic rings. The van der Waals surface area contributed by atoms with Gasteiger partial charge in [-0.1, -0.05) is 39.3 Å². The van der Waals surface area contributed by atoms with Crippen molar-refractivity contribution in [3.05, 3.63) is 29.8 Å². The average molecular weight is 291 g/mol. The van der Waals surface area contributed by atoms with E-state index in [-0.39, 0.29) is 12.1 Å². The maximum atomic E-state index is 12.2. The number of hydrogen-bond acceptors (Lipinski definition) is 2. The van der Waals surface area contributed by atoms with Crippen LogP contribution < -0.4 is 10.6 Å². The van der Waals surface area contributed by atoms with Crippen LogP contribution in [0.4, 0.5) is 10.5 Å². The normalized spacial score (nSPS) is 13.6. The van der Waals surface area contributed by atoms with E-state index in [1.54, 1.807) is 4.90 Å². The molecule has 2 N–H and O–H groups in total. The van der Waals surface area contributed by atoms with Crippen LogP contribution >= 0.6 is 0 Å². The zero-order valence-electron chi connectivity index (χ0n) is 13.9. The van der Waals surface area contributed by atoms with E-state index in [9.17, 15) is 4.79 Å². The minimum absolute atomic E-state index is 0.0523. The highest BCUT2D eigenvalue weighted by molar-refractivity contribution is 5.89. The second-order valence-electron chi connectivity index (χ2n) is 5.73. The topological polar surface area (TPSA) is 44.4 Å². The number of hydrogen-bond donors (Lipinski definition) is 2. The van der Waals surface area contributed by atoms with Crippen molar-refractivity contribution in [1.82, 2.24) is 10.2 Å². The molecule has 1 aromatic carbocycles. The molecule has 2 unspecified atom stereocenters. The Kier molecular flexibility index (Phi) is 7.23. The van der Waals surface area contributed by atoms with Gasteiger partial charge in [-0.3, -0.25) is 0 Å². The summed E-state index contributed by atoms with van der Waals surface area (Å²) in [4.78, 5) is 13.9. The fourth-order valence-electron chi connectivity index (χ4n) is 2.21. The molecule has 0 fully saturated rings. The summed E-state index contributed by atoms with van der Waals surface area (Å²) >= 11 is 0. The maximum Gasteiger partial charge on any atom is 0.321 e. The molecule has 4 heteroatoms. The highest BCUT2D eigenvalue weighted by atomic mass is 16.2. The Morgan fingerprint density at radius 1 is 1.29 bits per heavy atom. The van der Waals surface area contributed by atoms with Crippen molar-refractivity contribution < 1.29 is 4.79 Å². The van der Waals surface area contributed by atoms with Gasteiger partial charge in [-0.15, -0.1) is 0 Å². The van der Waals surface area contributed by atoms with Gasteiger partial charge in [0.05, 0.1) is 0 Å². The number of rotatable bonds is 7. The fourth-order valence-corrected chi connectivity index (χ4v) is 2.21. The Morgan fingerprint density at radius 2 is 2.00 bits per heavy atom. The van der Waals surface area contributed by atoms with Gasteiger partial charge in [0.1, 0.15) is 0 Å². The molecule has 0 aliphatic heterocycles. The van der Waals surface area contributed by atoms with Crippen LogP contribution in [0, 0.1) is 5.92 Å². The molecule has 0 spiro atoms. The molecule has 1 rings (SSSR count). The van der Waals surface area contributed by atoms with Crippen molar-refractivity contribution >= 4 is 11.7 Å². The molecular weight excluding hydrogens is 262 g/mol. The number of carbonyl (C=O) groups excluding carboxylic acids is 1. The monoisotopic (exact) mass is 291 g/mol. The second kappa shape index (κ2) is 8.67. The Morgan fingerprint density at radius 3 is 2.62 bits per heavy atom. The highest BCUT2D eigenvalue weighted by Gasteiger charge is 2.12. The molecule has 118 valence electrons. The molecule has 0 radical (unpaired) electrons. The third kappa shape index (κ3) is 5.76. The fraction of sp³-hybridized carbons (Fsp3) is 0.588. The summed E-state index contributed by atoms with van der Waals surface area (Å²) in [5.74, 6) is 0.515. The Bertz CT molecular complexity index is 447. The van der Waals surface area contributed by atoms with Gasteiger partial charge in [0.25, 0.3) is 0 Å². The van der Waals surface area contributed by atoms with Crippen molar-refractivity contribution in [2.24, 2.45) is 5.92 Å². The van der Waals surface area contributed by atoms with Gasteiger partial charge >= 0.3 is 6.03 Å². The average Bonchev–Trinajstić information content (AvgIpc) is 2.47. The van der Waals surface area contributed by atoms with E-state index >= 15 is 0 Å². The summed E-state index contributed by atoms with van der Waals surface area (Å²) in [5, 5.41) is 6.34. The van der Waals surface area contributed by atoms with E-state index in [0.29, 0.717) is 5.92 Å². The SMILES string of the molecule is CCNC(C)c1cccc(NC(=O)N(C)CC(C)CC)c1. The van der Waals surface area contributed by atoms with Gasteiger partial charge in [0.2, 0.25) is 0 Å². The van der Waals surface area contributed by atoms with E-state index in [0.717, 1.165) is 25.2 Å². The number of benzene rings is 1. The summed E-state index contributed by atoms with van der Waals surface area (Å²) in [6, 6.07) is 8.24. The van der Waals surface area contributed by atoms with Crippen molar-refractivity contribution in [3.63, 3.8) is 0 Å². The molecule has 21 heavy (non-hydrogen) atoms. The van der Waals surface area contributed by atoms with Crippen LogP contribution in [0.2, 0.25) is 0 Å². The van der Waals surface area contributed by atoms with Crippen molar-refractivity contribution in [2.75, 3.05) is 25.5 Å². The maximum absolute atomic E-state index is 12.2. The van der Waals surface area contributed by atoms with Gasteiger partial charge in [-0.25, -0.2) is 4.79 Å². The Balaban J connectivity index is 2.66. The lowest BCUT2D eigenvalue weighted by molar-refractivity contribution is 0.215. The first kappa shape index (κ1) is 17.5. The second-order valence-corrected chi connectivity index (χ2v) is 5.73. The standard InChI is InChI=1S/C17H29N3O/c1-6-13(3)12-20(5)17(21)19-16-10-8-9-15(11-16)14(4)18-7-2/h8-11,13-14,18H,6-7,12H2,1-5H3,(H,19,21). The molecule has 0 saturated carbocycles. The number of urea groups is 1. The lowest BCUT2D eigenvalue weighted by Gasteiger charge is -2.21. The summed E-state index contributed by atoms with van der Waals surface area (Å²) in [6.45, 7) is 10.2. The smallest absolute Gasteiger partial charge is 0.321 e. The third-order valence-electron chi connectivity index (χ3n) is 3.78. The van der Waals surface area contributed by atoms with E-state index in [4.69, 9.17) is 0 Å². The molecule has 0 bridgehead atoms. The van der Waals surface area contributed by atoms with Crippen molar-refractivity contribution in [1.29, 1.82) is 0 Å². The Hall–Kier alpha value is -1.55. The molecule has 0 saturated heterocycles. The van der Waals surface area contributed by atoms with E-state index in [1.807, 2.05) is 25.2 Å². The summed E-state index contributed by atoms with van der Waals surface area (Å²) in [5.41, 5.74) is 2.03. The number of carbonyl (C=O) groups is 1. The van der Waals surface area contributed by atoms with Crippen LogP contribution in [-0.4, -0.2) is 31.1 Å². The predicted octanol–water partition coefficient (Wildman–Crippen LogP) is 3.87. The van der Waals surface area contributed by atoms with Crippen molar-refractivity contribution in [2.45, 2.75) is 40.2 Å². The minimum atomic E-state index is -0.0523. The van der Waals surface area contributed by atoms with Gasteiger partial charge in [0.15, 0.2) is 0 Å². The molecule has 0 aliphatic carbocycles. The first-order valence-corrected chi connectivity index (χ1v) is 7.83. The highest BCUT2D eigenvalue weighted by Crippen LogP contribution is 2.17. The molecular formula is C17H29N3O. The summed E-state index contributed by atoms with van der Waals surface area (Å²) in [7, 11) is 1.84. The zero-order chi connectivity index (χ0) is 15.8. The summed E-state index contributed by atoms with van der Waals surface area (Å²) in [6.07, 6.45) is 1.08.